The molecule has 6 heteroatoms. The first-order valence-corrected chi connectivity index (χ1v) is 8.59. The monoisotopic (exact) mass is 357 g/mol. The number of anilines is 1. The van der Waals surface area contributed by atoms with Crippen LogP contribution in [0.25, 0.3) is 0 Å². The number of amides is 1. The minimum Gasteiger partial charge on any atom is -0.401 e. The third-order valence-corrected chi connectivity index (χ3v) is 4.45. The van der Waals surface area contributed by atoms with Gasteiger partial charge in [-0.15, -0.1) is 0 Å². The van der Waals surface area contributed by atoms with Crippen LogP contribution < -0.4 is 11.1 Å². The van der Waals surface area contributed by atoms with Crippen LogP contribution in [0.3, 0.4) is 0 Å². The zero-order chi connectivity index (χ0) is 19.2. The number of carbonyl (C=O) groups excluding carboxylic acids is 1. The summed E-state index contributed by atoms with van der Waals surface area (Å²) in [5, 5.41) is 20.8. The molecule has 1 aliphatic heterocycles. The number of carbonyl (C=O) groups is 1. The summed E-state index contributed by atoms with van der Waals surface area (Å²) in [6, 6.07) is 18.5. The van der Waals surface area contributed by atoms with Crippen molar-refractivity contribution in [3.05, 3.63) is 76.5 Å². The highest BCUT2D eigenvalue weighted by molar-refractivity contribution is 6.04. The average Bonchev–Trinajstić information content (AvgIpc) is 2.68. The summed E-state index contributed by atoms with van der Waals surface area (Å²) in [4.78, 5) is 14.7. The van der Waals surface area contributed by atoms with E-state index in [0.29, 0.717) is 54.1 Å². The molecule has 1 heterocycles. The normalized spacial score (nSPS) is 14.3. The van der Waals surface area contributed by atoms with Crippen LogP contribution in [-0.2, 0) is 11.3 Å². The van der Waals surface area contributed by atoms with Crippen LogP contribution in [0, 0.1) is 22.7 Å². The summed E-state index contributed by atoms with van der Waals surface area (Å²) >= 11 is 0. The molecule has 0 aliphatic carbocycles. The lowest BCUT2D eigenvalue weighted by atomic mass is 10.0. The summed E-state index contributed by atoms with van der Waals surface area (Å²) in [6.45, 7) is 1.88. The Morgan fingerprint density at radius 3 is 2.52 bits per heavy atom. The van der Waals surface area contributed by atoms with Crippen molar-refractivity contribution in [3.8, 4) is 12.1 Å². The molecule has 134 valence electrons. The second-order valence-corrected chi connectivity index (χ2v) is 6.42. The van der Waals surface area contributed by atoms with Crippen LogP contribution in [0.2, 0.25) is 0 Å². The van der Waals surface area contributed by atoms with Gasteiger partial charge in [0.15, 0.2) is 0 Å². The van der Waals surface area contributed by atoms with Crippen molar-refractivity contribution in [2.24, 2.45) is 5.73 Å². The van der Waals surface area contributed by atoms with E-state index in [4.69, 9.17) is 16.3 Å². The first-order chi connectivity index (χ1) is 13.1. The van der Waals surface area contributed by atoms with Gasteiger partial charge in [-0.3, -0.25) is 9.69 Å². The van der Waals surface area contributed by atoms with Gasteiger partial charge >= 0.3 is 0 Å². The maximum Gasteiger partial charge on any atom is 0.253 e. The SMILES string of the molecule is N#Cc1cccc(CN2CCC(C(=O)Nc3cccc(C#N)c3)=C(N)C2)c1. The molecule has 0 aromatic heterocycles. The first-order valence-electron chi connectivity index (χ1n) is 8.59. The van der Waals surface area contributed by atoms with Gasteiger partial charge in [-0.2, -0.15) is 10.5 Å². The van der Waals surface area contributed by atoms with Crippen molar-refractivity contribution in [2.45, 2.75) is 13.0 Å². The minimum atomic E-state index is -0.228. The molecule has 1 amide bonds. The second-order valence-electron chi connectivity index (χ2n) is 6.42. The van der Waals surface area contributed by atoms with E-state index in [2.05, 4.69) is 22.4 Å². The summed E-state index contributed by atoms with van der Waals surface area (Å²) in [7, 11) is 0. The molecule has 0 atom stereocenters. The largest absolute Gasteiger partial charge is 0.401 e. The molecule has 0 spiro atoms. The smallest absolute Gasteiger partial charge is 0.253 e. The quantitative estimate of drug-likeness (QED) is 0.874. The minimum absolute atomic E-state index is 0.228. The lowest BCUT2D eigenvalue weighted by molar-refractivity contribution is -0.113. The highest BCUT2D eigenvalue weighted by Crippen LogP contribution is 2.20. The van der Waals surface area contributed by atoms with Crippen molar-refractivity contribution < 1.29 is 4.79 Å². The van der Waals surface area contributed by atoms with Gasteiger partial charge in [-0.05, 0) is 42.3 Å². The van der Waals surface area contributed by atoms with Crippen molar-refractivity contribution in [1.82, 2.24) is 4.90 Å². The molecule has 2 aromatic carbocycles. The fourth-order valence-electron chi connectivity index (χ4n) is 3.11. The molecule has 3 N–H and O–H groups in total. The van der Waals surface area contributed by atoms with Crippen LogP contribution in [-0.4, -0.2) is 23.9 Å². The van der Waals surface area contributed by atoms with Gasteiger partial charge in [0.1, 0.15) is 0 Å². The van der Waals surface area contributed by atoms with E-state index in [1.807, 2.05) is 18.2 Å². The van der Waals surface area contributed by atoms with E-state index in [9.17, 15) is 4.79 Å². The Morgan fingerprint density at radius 1 is 1.11 bits per heavy atom. The van der Waals surface area contributed by atoms with E-state index in [-0.39, 0.29) is 5.91 Å². The third-order valence-electron chi connectivity index (χ3n) is 4.45. The molecule has 0 saturated heterocycles. The Bertz CT molecular complexity index is 981. The Balaban J connectivity index is 1.66. The molecular weight excluding hydrogens is 338 g/mol. The molecule has 0 fully saturated rings. The highest BCUT2D eigenvalue weighted by atomic mass is 16.1. The van der Waals surface area contributed by atoms with Gasteiger partial charge in [0.25, 0.3) is 5.91 Å². The summed E-state index contributed by atoms with van der Waals surface area (Å²) in [6.07, 6.45) is 0.549. The molecular formula is C21H19N5O. The summed E-state index contributed by atoms with van der Waals surface area (Å²) < 4.78 is 0. The number of nitrogens with two attached hydrogens (primary N) is 1. The molecule has 2 aromatic rings. The van der Waals surface area contributed by atoms with Crippen LogP contribution in [0.5, 0.6) is 0 Å². The van der Waals surface area contributed by atoms with Gasteiger partial charge in [-0.1, -0.05) is 18.2 Å². The third kappa shape index (κ3) is 4.52. The Kier molecular flexibility index (Phi) is 5.51. The van der Waals surface area contributed by atoms with Crippen LogP contribution in [0.4, 0.5) is 5.69 Å². The molecule has 0 unspecified atom stereocenters. The van der Waals surface area contributed by atoms with Gasteiger partial charge in [0.2, 0.25) is 0 Å². The summed E-state index contributed by atoms with van der Waals surface area (Å²) in [5.74, 6) is -0.228. The Labute approximate surface area is 158 Å². The molecule has 3 rings (SSSR count). The van der Waals surface area contributed by atoms with Crippen molar-refractivity contribution in [1.29, 1.82) is 10.5 Å². The highest BCUT2D eigenvalue weighted by Gasteiger charge is 2.22. The average molecular weight is 357 g/mol. The van der Waals surface area contributed by atoms with Crippen molar-refractivity contribution in [3.63, 3.8) is 0 Å². The van der Waals surface area contributed by atoms with Crippen LogP contribution in [0.1, 0.15) is 23.1 Å². The maximum atomic E-state index is 12.5. The molecule has 27 heavy (non-hydrogen) atoms. The number of nitriles is 2. The fraction of sp³-hybridized carbons (Fsp3) is 0.190. The second kappa shape index (κ2) is 8.18. The predicted octanol–water partition coefficient (Wildman–Crippen LogP) is 2.49. The molecule has 6 nitrogen and oxygen atoms in total. The number of nitrogens with zero attached hydrogens (tertiary/aromatic N) is 3. The fourth-order valence-corrected chi connectivity index (χ4v) is 3.11. The molecule has 0 bridgehead atoms. The molecule has 1 aliphatic rings. The lowest BCUT2D eigenvalue weighted by Gasteiger charge is -2.28. The lowest BCUT2D eigenvalue weighted by Crippen LogP contribution is -2.36. The van der Waals surface area contributed by atoms with E-state index in [1.165, 1.54) is 0 Å². The van der Waals surface area contributed by atoms with E-state index < -0.39 is 0 Å². The first kappa shape index (κ1) is 18.2. The van der Waals surface area contributed by atoms with E-state index >= 15 is 0 Å². The van der Waals surface area contributed by atoms with E-state index in [1.54, 1.807) is 30.3 Å². The molecule has 0 saturated carbocycles. The van der Waals surface area contributed by atoms with Crippen molar-refractivity contribution in [2.75, 3.05) is 18.4 Å². The zero-order valence-corrected chi connectivity index (χ0v) is 14.8. The van der Waals surface area contributed by atoms with Gasteiger partial charge in [-0.25, -0.2) is 0 Å². The topological polar surface area (TPSA) is 106 Å². The standard InChI is InChI=1S/C21H19N5O/c22-11-15-3-1-5-17(9-15)13-26-8-7-19(20(24)14-26)21(27)25-18-6-2-4-16(10-18)12-23/h1-6,9-10H,7-8,13-14,24H2,(H,25,27). The van der Waals surface area contributed by atoms with Crippen LogP contribution in [0.15, 0.2) is 59.8 Å². The number of benzene rings is 2. The van der Waals surface area contributed by atoms with Gasteiger partial charge in [0, 0.05) is 36.6 Å². The number of hydrogen-bond donors (Lipinski definition) is 2. The Morgan fingerprint density at radius 2 is 1.81 bits per heavy atom. The molecule has 0 radical (unpaired) electrons. The summed E-state index contributed by atoms with van der Waals surface area (Å²) in [5.41, 5.74) is 10.0. The number of rotatable bonds is 4. The van der Waals surface area contributed by atoms with Crippen molar-refractivity contribution >= 4 is 11.6 Å². The number of hydrogen-bond acceptors (Lipinski definition) is 5. The zero-order valence-electron chi connectivity index (χ0n) is 14.8. The predicted molar refractivity (Wildman–Crippen MR) is 102 cm³/mol. The van der Waals surface area contributed by atoms with Gasteiger partial charge in [0.05, 0.1) is 23.3 Å². The van der Waals surface area contributed by atoms with E-state index in [0.717, 1.165) is 5.56 Å². The number of nitrogens with one attached hydrogen (secondary N) is 1. The maximum absolute atomic E-state index is 12.5. The van der Waals surface area contributed by atoms with Gasteiger partial charge < -0.3 is 11.1 Å². The Hall–Kier alpha value is -3.61. The van der Waals surface area contributed by atoms with Crippen LogP contribution >= 0.6 is 0 Å².